The molecule has 6 nitrogen and oxygen atoms in total. The van der Waals surface area contributed by atoms with Crippen LogP contribution in [0.15, 0.2) is 64.1 Å². The van der Waals surface area contributed by atoms with E-state index >= 15 is 0 Å². The SMILES string of the molecule is CC(C)C1=C(C(=O)N(CC(=O)OC(C)(C)C)C(C)C)SC2=N[C@@](C)(c3ccc(Cl)cc3)[C@@H](c3ccc(Cl)cc3)N21. The topological polar surface area (TPSA) is 62.2 Å². The Morgan fingerprint density at radius 1 is 1.02 bits per heavy atom. The summed E-state index contributed by atoms with van der Waals surface area (Å²) in [5.74, 6) is -0.622. The van der Waals surface area contributed by atoms with Gasteiger partial charge in [0.25, 0.3) is 5.91 Å². The number of hydrogen-bond donors (Lipinski definition) is 0. The number of nitrogens with zero attached hydrogens (tertiary/aromatic N) is 3. The Hall–Kier alpha value is -2.48. The molecule has 2 aliphatic heterocycles. The molecule has 40 heavy (non-hydrogen) atoms. The van der Waals surface area contributed by atoms with Gasteiger partial charge in [-0.1, -0.05) is 61.3 Å². The second kappa shape index (κ2) is 11.4. The highest BCUT2D eigenvalue weighted by Gasteiger charge is 2.53. The fourth-order valence-corrected chi connectivity index (χ4v) is 6.81. The first-order chi connectivity index (χ1) is 18.6. The van der Waals surface area contributed by atoms with Gasteiger partial charge in [-0.05, 0) is 94.6 Å². The van der Waals surface area contributed by atoms with Gasteiger partial charge in [-0.15, -0.1) is 0 Å². The van der Waals surface area contributed by atoms with Crippen LogP contribution in [0, 0.1) is 5.92 Å². The summed E-state index contributed by atoms with van der Waals surface area (Å²) in [4.78, 5) is 36.5. The van der Waals surface area contributed by atoms with E-state index in [1.807, 2.05) is 83.1 Å². The Balaban J connectivity index is 1.80. The molecule has 1 amide bonds. The van der Waals surface area contributed by atoms with Gasteiger partial charge in [-0.3, -0.25) is 9.59 Å². The van der Waals surface area contributed by atoms with Crippen LogP contribution in [-0.2, 0) is 19.9 Å². The van der Waals surface area contributed by atoms with E-state index in [0.29, 0.717) is 15.0 Å². The first kappa shape index (κ1) is 30.5. The molecule has 0 fully saturated rings. The third-order valence-electron chi connectivity index (χ3n) is 6.97. The van der Waals surface area contributed by atoms with Crippen LogP contribution in [0.3, 0.4) is 0 Å². The van der Waals surface area contributed by atoms with Crippen molar-refractivity contribution in [2.75, 3.05) is 6.54 Å². The van der Waals surface area contributed by atoms with E-state index in [1.54, 1.807) is 4.90 Å². The summed E-state index contributed by atoms with van der Waals surface area (Å²) in [6.45, 7) is 15.4. The molecule has 0 aromatic heterocycles. The molecule has 0 radical (unpaired) electrons. The number of carbonyl (C=O) groups excluding carboxylic acids is 2. The van der Waals surface area contributed by atoms with E-state index in [-0.39, 0.29) is 30.5 Å². The van der Waals surface area contributed by atoms with Crippen LogP contribution >= 0.6 is 35.0 Å². The van der Waals surface area contributed by atoms with Crippen LogP contribution in [-0.4, -0.2) is 45.0 Å². The van der Waals surface area contributed by atoms with Crippen molar-refractivity contribution in [2.24, 2.45) is 10.9 Å². The molecular weight excluding hydrogens is 565 g/mol. The number of thioether (sulfide) groups is 1. The molecule has 0 saturated heterocycles. The van der Waals surface area contributed by atoms with Gasteiger partial charge in [-0.2, -0.15) is 0 Å². The number of amidine groups is 1. The lowest BCUT2D eigenvalue weighted by atomic mass is 9.81. The third-order valence-corrected chi connectivity index (χ3v) is 8.53. The highest BCUT2D eigenvalue weighted by Crippen LogP contribution is 2.56. The molecule has 0 bridgehead atoms. The van der Waals surface area contributed by atoms with Gasteiger partial charge in [0.15, 0.2) is 5.17 Å². The number of esters is 1. The van der Waals surface area contributed by atoms with Crippen LogP contribution in [0.4, 0.5) is 0 Å². The minimum absolute atomic E-state index is 0.0112. The number of allylic oxidation sites excluding steroid dienone is 1. The van der Waals surface area contributed by atoms with Crippen molar-refractivity contribution in [3.05, 3.63) is 80.3 Å². The monoisotopic (exact) mass is 601 g/mol. The lowest BCUT2D eigenvalue weighted by Crippen LogP contribution is -2.43. The van der Waals surface area contributed by atoms with Crippen molar-refractivity contribution in [3.63, 3.8) is 0 Å². The third kappa shape index (κ3) is 6.07. The van der Waals surface area contributed by atoms with Gasteiger partial charge in [0, 0.05) is 21.8 Å². The minimum Gasteiger partial charge on any atom is -0.459 e. The summed E-state index contributed by atoms with van der Waals surface area (Å²) in [6.07, 6.45) is 0. The van der Waals surface area contributed by atoms with E-state index in [1.165, 1.54) is 11.8 Å². The molecule has 2 aromatic rings. The number of benzene rings is 2. The Morgan fingerprint density at radius 3 is 2.08 bits per heavy atom. The smallest absolute Gasteiger partial charge is 0.326 e. The number of fused-ring (bicyclic) bond motifs is 1. The molecule has 2 atom stereocenters. The molecule has 2 aliphatic rings. The largest absolute Gasteiger partial charge is 0.459 e. The Morgan fingerprint density at radius 2 is 1.57 bits per heavy atom. The number of rotatable bonds is 7. The quantitative estimate of drug-likeness (QED) is 0.303. The second-order valence-electron chi connectivity index (χ2n) is 12.0. The van der Waals surface area contributed by atoms with Gasteiger partial charge in [0.1, 0.15) is 22.6 Å². The molecule has 2 aromatic carbocycles. The lowest BCUT2D eigenvalue weighted by Gasteiger charge is -2.37. The maximum absolute atomic E-state index is 14.1. The number of ether oxygens (including phenoxy) is 1. The number of amides is 1. The average molecular weight is 603 g/mol. The maximum atomic E-state index is 14.1. The first-order valence-electron chi connectivity index (χ1n) is 13.5. The van der Waals surface area contributed by atoms with Gasteiger partial charge >= 0.3 is 5.97 Å². The van der Waals surface area contributed by atoms with Crippen molar-refractivity contribution < 1.29 is 14.3 Å². The van der Waals surface area contributed by atoms with E-state index in [4.69, 9.17) is 32.9 Å². The summed E-state index contributed by atoms with van der Waals surface area (Å²) in [5.41, 5.74) is 1.65. The summed E-state index contributed by atoms with van der Waals surface area (Å²) in [5, 5.41) is 2.06. The van der Waals surface area contributed by atoms with E-state index in [9.17, 15) is 9.59 Å². The minimum atomic E-state index is -0.649. The second-order valence-corrected chi connectivity index (χ2v) is 13.8. The fourth-order valence-electron chi connectivity index (χ4n) is 5.20. The van der Waals surface area contributed by atoms with Crippen molar-refractivity contribution >= 4 is 52.0 Å². The highest BCUT2D eigenvalue weighted by atomic mass is 35.5. The molecule has 0 saturated carbocycles. The lowest BCUT2D eigenvalue weighted by molar-refractivity contribution is -0.159. The average Bonchev–Trinajstić information content (AvgIpc) is 3.34. The Kier molecular flexibility index (Phi) is 8.70. The molecule has 4 rings (SSSR count). The molecule has 0 N–H and O–H groups in total. The number of carbonyl (C=O) groups is 2. The number of halogens is 2. The van der Waals surface area contributed by atoms with Gasteiger partial charge < -0.3 is 14.5 Å². The molecule has 9 heteroatoms. The summed E-state index contributed by atoms with van der Waals surface area (Å²) in [6, 6.07) is 15.1. The van der Waals surface area contributed by atoms with Gasteiger partial charge in [-0.25, -0.2) is 4.99 Å². The van der Waals surface area contributed by atoms with Crippen molar-refractivity contribution in [1.29, 1.82) is 0 Å². The van der Waals surface area contributed by atoms with Crippen LogP contribution in [0.5, 0.6) is 0 Å². The van der Waals surface area contributed by atoms with Gasteiger partial charge in [0.05, 0.1) is 6.04 Å². The first-order valence-corrected chi connectivity index (χ1v) is 15.0. The van der Waals surface area contributed by atoms with Crippen LogP contribution in [0.25, 0.3) is 0 Å². The van der Waals surface area contributed by atoms with E-state index < -0.39 is 17.1 Å². The van der Waals surface area contributed by atoms with Crippen molar-refractivity contribution in [2.45, 2.75) is 78.6 Å². The molecule has 214 valence electrons. The highest BCUT2D eigenvalue weighted by molar-refractivity contribution is 8.18. The van der Waals surface area contributed by atoms with Crippen LogP contribution < -0.4 is 0 Å². The molecule has 0 aliphatic carbocycles. The molecular formula is C31H37Cl2N3O3S. The van der Waals surface area contributed by atoms with Crippen molar-refractivity contribution in [3.8, 4) is 0 Å². The predicted molar refractivity (Wildman–Crippen MR) is 164 cm³/mol. The zero-order valence-electron chi connectivity index (χ0n) is 24.3. The zero-order chi connectivity index (χ0) is 29.6. The van der Waals surface area contributed by atoms with E-state index in [2.05, 4.69) is 25.7 Å². The number of hydrogen-bond acceptors (Lipinski definition) is 6. The summed E-state index contributed by atoms with van der Waals surface area (Å²) >= 11 is 13.9. The molecule has 2 heterocycles. The molecule has 0 spiro atoms. The predicted octanol–water partition coefficient (Wildman–Crippen LogP) is 7.81. The van der Waals surface area contributed by atoms with Crippen molar-refractivity contribution in [1.82, 2.24) is 9.80 Å². The summed E-state index contributed by atoms with van der Waals surface area (Å²) < 4.78 is 5.54. The standard InChI is InChI=1S/C31H37Cl2N3O3S/c1-18(2)25-26(28(38)35(19(3)4)17-24(37)39-30(5,6)7)40-29-34-31(8,21-11-15-23(33)16-12-21)27(36(25)29)20-9-13-22(32)14-10-20/h9-16,18-19,27H,17H2,1-8H3/t27-,31+/m1/s1. The van der Waals surface area contributed by atoms with Gasteiger partial charge in [0.2, 0.25) is 0 Å². The maximum Gasteiger partial charge on any atom is 0.326 e. The Bertz CT molecular complexity index is 1350. The fraction of sp³-hybridized carbons (Fsp3) is 0.452. The van der Waals surface area contributed by atoms with Crippen LogP contribution in [0.2, 0.25) is 10.0 Å². The zero-order valence-corrected chi connectivity index (χ0v) is 26.6. The number of aliphatic imine (C=N–C) groups is 1. The van der Waals surface area contributed by atoms with E-state index in [0.717, 1.165) is 22.0 Å². The Labute approximate surface area is 251 Å². The normalized spacial score (nSPS) is 20.8. The summed E-state index contributed by atoms with van der Waals surface area (Å²) in [7, 11) is 0. The molecule has 0 unspecified atom stereocenters. The van der Waals surface area contributed by atoms with Crippen LogP contribution in [0.1, 0.15) is 72.6 Å².